The van der Waals surface area contributed by atoms with Gasteiger partial charge in [0.2, 0.25) is 0 Å². The molecular weight excluding hydrogens is 312 g/mol. The Morgan fingerprint density at radius 2 is 0.923 bits per heavy atom. The molecule has 0 aromatic heterocycles. The van der Waals surface area contributed by atoms with Crippen LogP contribution < -0.4 is 0 Å². The number of rotatable bonds is 4. The molecular formula is C26H36. The Balaban J connectivity index is 1.98. The van der Waals surface area contributed by atoms with E-state index in [9.17, 15) is 0 Å². The van der Waals surface area contributed by atoms with Crippen molar-refractivity contribution >= 4 is 0 Å². The number of benzene rings is 2. The quantitative estimate of drug-likeness (QED) is 0.545. The summed E-state index contributed by atoms with van der Waals surface area (Å²) in [5.74, 6) is 0. The molecule has 140 valence electrons. The van der Waals surface area contributed by atoms with E-state index in [4.69, 9.17) is 0 Å². The zero-order valence-corrected chi connectivity index (χ0v) is 17.8. The van der Waals surface area contributed by atoms with Crippen molar-refractivity contribution < 1.29 is 0 Å². The molecule has 0 aliphatic heterocycles. The monoisotopic (exact) mass is 348 g/mol. The van der Waals surface area contributed by atoms with Gasteiger partial charge in [-0.2, -0.15) is 0 Å². The molecule has 3 rings (SSSR count). The lowest BCUT2D eigenvalue weighted by atomic mass is 9.65. The highest BCUT2D eigenvalue weighted by Gasteiger charge is 2.34. The van der Waals surface area contributed by atoms with Gasteiger partial charge in [0, 0.05) is 0 Å². The minimum Gasteiger partial charge on any atom is -0.0561 e. The van der Waals surface area contributed by atoms with Gasteiger partial charge in [0.05, 0.1) is 0 Å². The van der Waals surface area contributed by atoms with Crippen LogP contribution in [0.4, 0.5) is 0 Å². The lowest BCUT2D eigenvalue weighted by molar-refractivity contribution is 0.185. The predicted octanol–water partition coefficient (Wildman–Crippen LogP) is 7.27. The molecule has 0 atom stereocenters. The van der Waals surface area contributed by atoms with Gasteiger partial charge in [0.15, 0.2) is 0 Å². The molecule has 2 aromatic rings. The van der Waals surface area contributed by atoms with Crippen molar-refractivity contribution in [2.24, 2.45) is 5.41 Å². The first-order valence-corrected chi connectivity index (χ1v) is 10.4. The minimum absolute atomic E-state index is 0.438. The largest absolute Gasteiger partial charge is 0.0561 e. The van der Waals surface area contributed by atoms with Gasteiger partial charge in [-0.3, -0.25) is 0 Å². The van der Waals surface area contributed by atoms with Gasteiger partial charge >= 0.3 is 0 Å². The zero-order chi connectivity index (χ0) is 18.9. The van der Waals surface area contributed by atoms with Gasteiger partial charge in [0.1, 0.15) is 0 Å². The van der Waals surface area contributed by atoms with Crippen molar-refractivity contribution in [2.45, 2.75) is 86.5 Å². The van der Waals surface area contributed by atoms with Gasteiger partial charge in [0.25, 0.3) is 0 Å². The van der Waals surface area contributed by atoms with Gasteiger partial charge in [-0.1, -0.05) is 54.7 Å². The van der Waals surface area contributed by atoms with Crippen molar-refractivity contribution in [1.82, 2.24) is 0 Å². The first-order valence-electron chi connectivity index (χ1n) is 10.4. The lowest BCUT2D eigenvalue weighted by Crippen LogP contribution is -2.30. The Bertz CT molecular complexity index is 680. The third-order valence-corrected chi connectivity index (χ3v) is 6.70. The molecule has 2 aromatic carbocycles. The average Bonchev–Trinajstić information content (AvgIpc) is 2.55. The summed E-state index contributed by atoms with van der Waals surface area (Å²) in [5.41, 5.74) is 12.4. The Kier molecular flexibility index (Phi) is 5.61. The third kappa shape index (κ3) is 4.05. The lowest BCUT2D eigenvalue weighted by Gasteiger charge is -2.39. The van der Waals surface area contributed by atoms with Crippen molar-refractivity contribution in [1.29, 1.82) is 0 Å². The van der Waals surface area contributed by atoms with Crippen LogP contribution >= 0.6 is 0 Å². The third-order valence-electron chi connectivity index (χ3n) is 6.70. The van der Waals surface area contributed by atoms with Crippen LogP contribution in [0.25, 0.3) is 0 Å². The second-order valence-corrected chi connectivity index (χ2v) is 9.17. The van der Waals surface area contributed by atoms with E-state index in [1.165, 1.54) is 78.3 Å². The molecule has 1 saturated carbocycles. The van der Waals surface area contributed by atoms with E-state index >= 15 is 0 Å². The maximum absolute atomic E-state index is 2.38. The van der Waals surface area contributed by atoms with E-state index < -0.39 is 0 Å². The van der Waals surface area contributed by atoms with Crippen molar-refractivity contribution in [3.05, 3.63) is 68.8 Å². The molecule has 0 saturated heterocycles. The molecule has 1 fully saturated rings. The summed E-state index contributed by atoms with van der Waals surface area (Å²) < 4.78 is 0. The van der Waals surface area contributed by atoms with Gasteiger partial charge in [-0.25, -0.2) is 0 Å². The maximum atomic E-state index is 2.38. The summed E-state index contributed by atoms with van der Waals surface area (Å²) in [6.07, 6.45) is 9.47. The predicted molar refractivity (Wildman–Crippen MR) is 114 cm³/mol. The van der Waals surface area contributed by atoms with Crippen LogP contribution in [0.15, 0.2) is 24.3 Å². The molecule has 0 bridgehead atoms. The Hall–Kier alpha value is -1.56. The number of aryl methyl sites for hydroxylation is 6. The highest BCUT2D eigenvalue weighted by Crippen LogP contribution is 2.44. The number of hydrogen-bond acceptors (Lipinski definition) is 0. The van der Waals surface area contributed by atoms with E-state index in [0.29, 0.717) is 5.41 Å². The van der Waals surface area contributed by atoms with Crippen LogP contribution in [0.3, 0.4) is 0 Å². The summed E-state index contributed by atoms with van der Waals surface area (Å²) >= 11 is 0. The molecule has 26 heavy (non-hydrogen) atoms. The average molecular weight is 349 g/mol. The summed E-state index contributed by atoms with van der Waals surface area (Å²) in [6, 6.07) is 9.50. The highest BCUT2D eigenvalue weighted by molar-refractivity contribution is 5.41. The van der Waals surface area contributed by atoms with E-state index in [1.807, 2.05) is 0 Å². The smallest absolute Gasteiger partial charge is 0.0214 e. The molecule has 0 nitrogen and oxygen atoms in total. The molecule has 0 amide bonds. The normalized spacial score (nSPS) is 16.7. The van der Waals surface area contributed by atoms with E-state index in [-0.39, 0.29) is 0 Å². The molecule has 0 spiro atoms. The van der Waals surface area contributed by atoms with Crippen LogP contribution in [0.2, 0.25) is 0 Å². The molecule has 0 N–H and O–H groups in total. The first-order chi connectivity index (χ1) is 12.3. The van der Waals surface area contributed by atoms with Crippen LogP contribution in [-0.4, -0.2) is 0 Å². The van der Waals surface area contributed by atoms with Gasteiger partial charge < -0.3 is 0 Å². The Labute approximate surface area is 161 Å². The molecule has 1 aliphatic rings. The molecule has 0 heterocycles. The topological polar surface area (TPSA) is 0 Å². The second-order valence-electron chi connectivity index (χ2n) is 9.17. The summed E-state index contributed by atoms with van der Waals surface area (Å²) in [4.78, 5) is 0. The minimum atomic E-state index is 0.438. The highest BCUT2D eigenvalue weighted by atomic mass is 14.4. The Morgan fingerprint density at radius 1 is 0.577 bits per heavy atom. The summed E-state index contributed by atoms with van der Waals surface area (Å²) in [6.45, 7) is 13.7. The van der Waals surface area contributed by atoms with Crippen molar-refractivity contribution in [3.8, 4) is 0 Å². The molecule has 0 radical (unpaired) electrons. The van der Waals surface area contributed by atoms with E-state index in [2.05, 4.69) is 65.8 Å². The maximum Gasteiger partial charge on any atom is -0.0214 e. The van der Waals surface area contributed by atoms with Crippen molar-refractivity contribution in [2.75, 3.05) is 0 Å². The number of hydrogen-bond donors (Lipinski definition) is 0. The standard InChI is InChI=1S/C26H36/c1-18-12-20(3)24(21(4)13-18)16-26(10-8-7-9-11-26)17-25-22(5)14-19(2)15-23(25)6/h12-15H,7-11,16-17H2,1-6H3. The van der Waals surface area contributed by atoms with Crippen LogP contribution in [-0.2, 0) is 12.8 Å². The second kappa shape index (κ2) is 7.59. The van der Waals surface area contributed by atoms with E-state index in [0.717, 1.165) is 0 Å². The fourth-order valence-corrected chi connectivity index (χ4v) is 5.45. The van der Waals surface area contributed by atoms with Crippen LogP contribution in [0.1, 0.15) is 76.6 Å². The molecule has 1 aliphatic carbocycles. The van der Waals surface area contributed by atoms with E-state index in [1.54, 1.807) is 11.1 Å². The first kappa shape index (κ1) is 19.2. The Morgan fingerprint density at radius 3 is 1.27 bits per heavy atom. The van der Waals surface area contributed by atoms with Gasteiger partial charge in [-0.15, -0.1) is 0 Å². The summed E-state index contributed by atoms with van der Waals surface area (Å²) in [5, 5.41) is 0. The van der Waals surface area contributed by atoms with Crippen LogP contribution in [0, 0.1) is 47.0 Å². The molecule has 0 heteroatoms. The fraction of sp³-hybridized carbons (Fsp3) is 0.538. The molecule has 0 unspecified atom stereocenters. The van der Waals surface area contributed by atoms with Crippen LogP contribution in [0.5, 0.6) is 0 Å². The fourth-order valence-electron chi connectivity index (χ4n) is 5.45. The zero-order valence-electron chi connectivity index (χ0n) is 17.8. The SMILES string of the molecule is Cc1cc(C)c(CC2(Cc3c(C)cc(C)cc3C)CCCCC2)c(C)c1. The summed E-state index contributed by atoms with van der Waals surface area (Å²) in [7, 11) is 0. The van der Waals surface area contributed by atoms with Crippen molar-refractivity contribution in [3.63, 3.8) is 0 Å². The van der Waals surface area contributed by atoms with Gasteiger partial charge in [-0.05, 0) is 106 Å².